The fraction of sp³-hybridized carbons (Fsp3) is 0.462. The zero-order chi connectivity index (χ0) is 23.2. The van der Waals surface area contributed by atoms with Crippen LogP contribution in [0, 0.1) is 12.7 Å². The van der Waals surface area contributed by atoms with Crippen molar-refractivity contribution in [3.8, 4) is 5.75 Å². The fourth-order valence-electron chi connectivity index (χ4n) is 3.48. The van der Waals surface area contributed by atoms with E-state index in [-0.39, 0.29) is 16.7 Å². The van der Waals surface area contributed by atoms with Crippen molar-refractivity contribution >= 4 is 28.8 Å². The molecule has 32 heavy (non-hydrogen) atoms. The molecule has 2 N–H and O–H groups in total. The monoisotopic (exact) mass is 458 g/mol. The normalized spacial score (nSPS) is 11.4. The molecule has 0 aliphatic rings. The second kappa shape index (κ2) is 14.6. The van der Waals surface area contributed by atoms with Crippen LogP contribution in [0.15, 0.2) is 47.6 Å². The van der Waals surface area contributed by atoms with Crippen LogP contribution in [0.1, 0.15) is 82.3 Å². The summed E-state index contributed by atoms with van der Waals surface area (Å²) in [5.74, 6) is -0.148. The van der Waals surface area contributed by atoms with Gasteiger partial charge >= 0.3 is 0 Å². The van der Waals surface area contributed by atoms with E-state index in [4.69, 9.17) is 17.1 Å². The summed E-state index contributed by atoms with van der Waals surface area (Å²) < 4.78 is 13.1. The van der Waals surface area contributed by atoms with Gasteiger partial charge in [0.05, 0.1) is 5.71 Å². The molecule has 0 saturated carbocycles. The molecule has 0 atom stereocenters. The number of oxime groups is 1. The number of nitrogens with zero attached hydrogens (tertiary/aromatic N) is 1. The Labute approximate surface area is 196 Å². The number of nitrogens with one attached hydrogen (secondary N) is 1. The Hall–Kier alpha value is -2.47. The molecule has 0 aliphatic heterocycles. The minimum atomic E-state index is -0.321. The Morgan fingerprint density at radius 3 is 2.25 bits per heavy atom. The van der Waals surface area contributed by atoms with Crippen molar-refractivity contribution in [1.29, 1.82) is 0 Å². The van der Waals surface area contributed by atoms with Crippen LogP contribution in [0.3, 0.4) is 0 Å². The third kappa shape index (κ3) is 9.77. The largest absolute Gasteiger partial charge is 0.507 e. The number of phenols is 1. The lowest BCUT2D eigenvalue weighted by atomic mass is 10.00. The van der Waals surface area contributed by atoms with Crippen molar-refractivity contribution in [2.24, 2.45) is 5.16 Å². The molecule has 0 saturated heterocycles. The molecule has 2 rings (SSSR count). The van der Waals surface area contributed by atoms with Gasteiger partial charge in [-0.25, -0.2) is 4.39 Å². The lowest BCUT2D eigenvalue weighted by molar-refractivity contribution is 0.334. The van der Waals surface area contributed by atoms with Gasteiger partial charge in [-0.2, -0.15) is 0 Å². The molecule has 4 nitrogen and oxygen atoms in total. The number of benzene rings is 2. The minimum absolute atomic E-state index is 0.0633. The Morgan fingerprint density at radius 2 is 1.59 bits per heavy atom. The molecule has 174 valence electrons. The van der Waals surface area contributed by atoms with Gasteiger partial charge in [-0.3, -0.25) is 0 Å². The highest BCUT2D eigenvalue weighted by Crippen LogP contribution is 2.22. The van der Waals surface area contributed by atoms with E-state index in [1.165, 1.54) is 57.1 Å². The van der Waals surface area contributed by atoms with Gasteiger partial charge in [0.2, 0.25) is 0 Å². The van der Waals surface area contributed by atoms with Gasteiger partial charge in [0.15, 0.2) is 0 Å². The number of aromatic hydroxyl groups is 1. The summed E-state index contributed by atoms with van der Waals surface area (Å²) in [5, 5.41) is 17.6. The average molecular weight is 459 g/mol. The van der Waals surface area contributed by atoms with Crippen LogP contribution in [0.5, 0.6) is 5.75 Å². The number of phenolic OH excluding ortho intramolecular Hbond substituents is 1. The molecule has 0 aromatic heterocycles. The number of thiocarbonyl (C=S) groups is 1. The van der Waals surface area contributed by atoms with Crippen LogP contribution in [0.25, 0.3) is 0 Å². The highest BCUT2D eigenvalue weighted by atomic mass is 32.1. The van der Waals surface area contributed by atoms with E-state index in [1.54, 1.807) is 18.2 Å². The highest BCUT2D eigenvalue weighted by molar-refractivity contribution is 7.80. The van der Waals surface area contributed by atoms with Crippen LogP contribution < -0.4 is 5.32 Å². The van der Waals surface area contributed by atoms with E-state index in [9.17, 15) is 9.50 Å². The maximum atomic E-state index is 13.1. The molecular formula is C26H35FN2O2S. The van der Waals surface area contributed by atoms with Gasteiger partial charge in [-0.15, -0.1) is 0 Å². The molecule has 0 spiro atoms. The number of hydrogen-bond donors (Lipinski definition) is 2. The average Bonchev–Trinajstić information content (AvgIpc) is 2.78. The first-order valence-corrected chi connectivity index (χ1v) is 12.0. The number of anilines is 1. The van der Waals surface area contributed by atoms with E-state index in [0.717, 1.165) is 18.4 Å². The standard InChI is InChI=1S/C26H35FN2O2S/c1-3-4-5-6-7-8-9-10-11-12-24(23-19-20(2)13-18-25(23)30)29-31-26(32)28-22-16-14-21(27)15-17-22/h13-19,30H,3-12H2,1-2H3,(H,28,32)/b29-24+. The second-order valence-electron chi connectivity index (χ2n) is 8.15. The van der Waals surface area contributed by atoms with Crippen molar-refractivity contribution < 1.29 is 14.3 Å². The lowest BCUT2D eigenvalue weighted by Gasteiger charge is -2.11. The number of unbranched alkanes of at least 4 members (excludes halogenated alkanes) is 8. The van der Waals surface area contributed by atoms with Crippen molar-refractivity contribution in [2.45, 2.75) is 78.1 Å². The summed E-state index contributed by atoms with van der Waals surface area (Å²) in [6.07, 6.45) is 11.8. The van der Waals surface area contributed by atoms with Crippen LogP contribution in [-0.2, 0) is 4.84 Å². The summed E-state index contributed by atoms with van der Waals surface area (Å²) in [7, 11) is 0. The summed E-state index contributed by atoms with van der Waals surface area (Å²) in [4.78, 5) is 5.42. The Kier molecular flexibility index (Phi) is 11.7. The smallest absolute Gasteiger partial charge is 0.293 e. The lowest BCUT2D eigenvalue weighted by Crippen LogP contribution is -2.12. The van der Waals surface area contributed by atoms with Gasteiger partial charge in [0.1, 0.15) is 11.6 Å². The van der Waals surface area contributed by atoms with Crippen LogP contribution in [0.4, 0.5) is 10.1 Å². The van der Waals surface area contributed by atoms with Crippen LogP contribution in [0.2, 0.25) is 0 Å². The zero-order valence-electron chi connectivity index (χ0n) is 19.2. The van der Waals surface area contributed by atoms with Crippen molar-refractivity contribution in [3.05, 3.63) is 59.4 Å². The first-order valence-electron chi connectivity index (χ1n) is 11.6. The van der Waals surface area contributed by atoms with E-state index >= 15 is 0 Å². The van der Waals surface area contributed by atoms with Gasteiger partial charge in [-0.1, -0.05) is 75.1 Å². The van der Waals surface area contributed by atoms with Gasteiger partial charge in [-0.05, 0) is 68.4 Å². The molecule has 0 bridgehead atoms. The first kappa shape index (κ1) is 25.8. The Morgan fingerprint density at radius 1 is 0.969 bits per heavy atom. The predicted octanol–water partition coefficient (Wildman–Crippen LogP) is 7.88. The van der Waals surface area contributed by atoms with Crippen molar-refractivity contribution in [2.75, 3.05) is 5.32 Å². The van der Waals surface area contributed by atoms with Crippen molar-refractivity contribution in [1.82, 2.24) is 0 Å². The molecular weight excluding hydrogens is 423 g/mol. The number of rotatable bonds is 13. The maximum absolute atomic E-state index is 13.1. The molecule has 2 aromatic rings. The molecule has 0 unspecified atom stereocenters. The fourth-order valence-corrected chi connectivity index (χ4v) is 3.64. The SMILES string of the molecule is CCCCCCCCCCC/C(=N\OC(=S)Nc1ccc(F)cc1)c1cc(C)ccc1O. The van der Waals surface area contributed by atoms with Crippen molar-refractivity contribution in [3.63, 3.8) is 0 Å². The summed E-state index contributed by atoms with van der Waals surface area (Å²) >= 11 is 5.21. The first-order chi connectivity index (χ1) is 15.5. The number of aryl methyl sites for hydroxylation is 1. The second-order valence-corrected chi connectivity index (χ2v) is 8.52. The summed E-state index contributed by atoms with van der Waals surface area (Å²) in [6, 6.07) is 11.3. The zero-order valence-corrected chi connectivity index (χ0v) is 20.0. The van der Waals surface area contributed by atoms with E-state index < -0.39 is 0 Å². The van der Waals surface area contributed by atoms with Gasteiger partial charge in [0.25, 0.3) is 5.17 Å². The third-order valence-electron chi connectivity index (χ3n) is 5.31. The molecule has 6 heteroatoms. The van der Waals surface area contributed by atoms with Crippen LogP contribution in [-0.4, -0.2) is 16.0 Å². The highest BCUT2D eigenvalue weighted by Gasteiger charge is 2.11. The van der Waals surface area contributed by atoms with Crippen LogP contribution >= 0.6 is 12.2 Å². The Bertz CT molecular complexity index is 869. The van der Waals surface area contributed by atoms with Gasteiger partial charge in [0, 0.05) is 11.3 Å². The summed E-state index contributed by atoms with van der Waals surface area (Å²) in [5.41, 5.74) is 2.97. The molecule has 0 heterocycles. The third-order valence-corrected chi connectivity index (χ3v) is 5.49. The molecule has 0 aliphatic carbocycles. The predicted molar refractivity (Wildman–Crippen MR) is 135 cm³/mol. The Balaban J connectivity index is 1.91. The molecule has 0 fully saturated rings. The van der Waals surface area contributed by atoms with E-state index in [0.29, 0.717) is 23.4 Å². The quantitative estimate of drug-likeness (QED) is 0.139. The van der Waals surface area contributed by atoms with E-state index in [2.05, 4.69) is 17.4 Å². The van der Waals surface area contributed by atoms with E-state index in [1.807, 2.05) is 19.1 Å². The number of hydrogen-bond acceptors (Lipinski definition) is 4. The topological polar surface area (TPSA) is 53.8 Å². The number of halogens is 1. The summed E-state index contributed by atoms with van der Waals surface area (Å²) in [6.45, 7) is 4.21. The maximum Gasteiger partial charge on any atom is 0.293 e. The molecule has 0 radical (unpaired) electrons. The molecule has 2 aromatic carbocycles. The minimum Gasteiger partial charge on any atom is -0.507 e. The molecule has 0 amide bonds. The van der Waals surface area contributed by atoms with Gasteiger partial charge < -0.3 is 15.3 Å².